The highest BCUT2D eigenvalue weighted by atomic mass is 31.2. The van der Waals surface area contributed by atoms with Gasteiger partial charge in [-0.3, -0.25) is 14.4 Å². The Morgan fingerprint density at radius 1 is 0.571 bits per heavy atom. The molecule has 0 aromatic heterocycles. The maximum Gasteiger partial charge on any atom is 0.408 e. The van der Waals surface area contributed by atoms with Gasteiger partial charge in [0.05, 0.1) is 13.1 Å². The summed E-state index contributed by atoms with van der Waals surface area (Å²) in [5, 5.41) is 9.97. The summed E-state index contributed by atoms with van der Waals surface area (Å²) in [5.41, 5.74) is 1.54. The minimum absolute atomic E-state index is 0.0269. The van der Waals surface area contributed by atoms with Crippen molar-refractivity contribution in [2.75, 3.05) is 13.1 Å². The second kappa shape index (κ2) is 20.4. The molecule has 3 amide bonds. The fourth-order valence-corrected chi connectivity index (χ4v) is 10.5. The van der Waals surface area contributed by atoms with Crippen molar-refractivity contribution in [1.29, 1.82) is 0 Å². The Hall–Kier alpha value is -6.25. The number of carbonyl (C=O) groups excluding carboxylic acids is 5. The van der Waals surface area contributed by atoms with Crippen molar-refractivity contribution in [2.24, 2.45) is 5.92 Å². The highest BCUT2D eigenvalue weighted by Crippen LogP contribution is 2.46. The van der Waals surface area contributed by atoms with Crippen LogP contribution in [0.2, 0.25) is 0 Å². The normalized spacial score (nSPS) is 12.0. The van der Waals surface area contributed by atoms with E-state index < -0.39 is 55.7 Å². The number of esters is 1. The zero-order valence-corrected chi connectivity index (χ0v) is 32.3. The van der Waals surface area contributed by atoms with Crippen LogP contribution in [0.1, 0.15) is 31.4 Å². The summed E-state index contributed by atoms with van der Waals surface area (Å²) in [7, 11) is 0. The molecule has 0 unspecified atom stereocenters. The molecule has 3 N–H and O–H groups in total. The fourth-order valence-electron chi connectivity index (χ4n) is 6.21. The molecule has 11 heteroatoms. The van der Waals surface area contributed by atoms with E-state index in [1.807, 2.05) is 159 Å². The molecule has 5 aromatic rings. The van der Waals surface area contributed by atoms with Crippen LogP contribution in [0.5, 0.6) is 0 Å². The van der Waals surface area contributed by atoms with E-state index in [2.05, 4.69) is 16.0 Å². The van der Waals surface area contributed by atoms with Gasteiger partial charge in [0, 0.05) is 0 Å². The molecule has 2 atom stereocenters. The lowest BCUT2D eigenvalue weighted by molar-refractivity contribution is -0.137. The van der Waals surface area contributed by atoms with E-state index in [1.165, 1.54) is 0 Å². The summed E-state index contributed by atoms with van der Waals surface area (Å²) in [6.07, 6.45) is -0.208. The first-order valence-electron chi connectivity index (χ1n) is 18.4. The van der Waals surface area contributed by atoms with Crippen molar-refractivity contribution in [3.63, 3.8) is 0 Å². The summed E-state index contributed by atoms with van der Waals surface area (Å²) < 4.78 is 11.2. The smallest absolute Gasteiger partial charge is 0.408 e. The summed E-state index contributed by atoms with van der Waals surface area (Å²) >= 11 is 0. The lowest BCUT2D eigenvalue weighted by Crippen LogP contribution is -2.52. The molecule has 5 rings (SSSR count). The van der Waals surface area contributed by atoms with Crippen molar-refractivity contribution in [3.8, 4) is 0 Å². The predicted octanol–water partition coefficient (Wildman–Crippen LogP) is 5.04. The first-order valence-corrected chi connectivity index (χ1v) is 20.2. The van der Waals surface area contributed by atoms with Gasteiger partial charge in [-0.2, -0.15) is 0 Å². The van der Waals surface area contributed by atoms with Crippen LogP contribution >= 0.6 is 6.89 Å². The number of carbonyl (C=O) groups is 5. The van der Waals surface area contributed by atoms with Crippen LogP contribution in [0.25, 0.3) is 0 Å². The van der Waals surface area contributed by atoms with Crippen molar-refractivity contribution in [3.05, 3.63) is 163 Å². The third-order valence-corrected chi connectivity index (χ3v) is 13.6. The van der Waals surface area contributed by atoms with Crippen LogP contribution in [-0.4, -0.2) is 54.1 Å². The Morgan fingerprint density at radius 3 is 1.45 bits per heavy atom. The van der Waals surface area contributed by atoms with Crippen LogP contribution < -0.4 is 31.9 Å². The number of amides is 3. The number of Topliss-reactive ketones (excluding diaryl/α,β-unsaturated/α-hetero) is 1. The second-order valence-corrected chi connectivity index (χ2v) is 16.4. The third kappa shape index (κ3) is 10.5. The summed E-state index contributed by atoms with van der Waals surface area (Å²) in [6, 6.07) is 45.5. The monoisotopic (exact) mass is 771 g/mol. The molecular formula is C45H46N3O7P. The zero-order chi connectivity index (χ0) is 39.8. The molecule has 5 aromatic carbocycles. The molecule has 0 bridgehead atoms. The zero-order valence-electron chi connectivity index (χ0n) is 31.4. The van der Waals surface area contributed by atoms with Crippen LogP contribution in [0.3, 0.4) is 0 Å². The molecular weight excluding hydrogens is 725 g/mol. The fraction of sp³-hybridized carbons (Fsp3) is 0.200. The number of ether oxygens (including phenoxy) is 2. The molecule has 0 aliphatic heterocycles. The van der Waals surface area contributed by atoms with E-state index in [0.717, 1.165) is 27.0 Å². The minimum Gasteiger partial charge on any atom is -0.457 e. The Bertz CT molecular complexity index is 2030. The molecule has 0 fully saturated rings. The van der Waals surface area contributed by atoms with Crippen LogP contribution in [0.4, 0.5) is 4.79 Å². The lowest BCUT2D eigenvalue weighted by atomic mass is 9.98. The first kappa shape index (κ1) is 40.9. The van der Waals surface area contributed by atoms with E-state index in [-0.39, 0.29) is 24.4 Å². The van der Waals surface area contributed by atoms with Gasteiger partial charge in [-0.15, -0.1) is 0 Å². The van der Waals surface area contributed by atoms with Gasteiger partial charge in [-0.05, 0) is 39.8 Å². The van der Waals surface area contributed by atoms with Crippen molar-refractivity contribution >= 4 is 57.8 Å². The van der Waals surface area contributed by atoms with Gasteiger partial charge in [-0.1, -0.05) is 172 Å². The standard InChI is InChI=1S/C45H46N3O7P/c1-3-33(2)41(48-45(53)55-32-35-21-11-5-12-22-35)43(51)47-30-40(50)46-29-39(49)42(44(52)54-31-34-19-9-4-10-20-34)56(36-23-13-6-14-24-36,37-25-15-7-16-26-37)38-27-17-8-18-28-38/h4-28,33,41H,3,29-32H2,1-2H3,(H,46,50)(H,47,51)(H,48,53)/t33-,41-/m0/s1. The molecule has 0 saturated heterocycles. The van der Waals surface area contributed by atoms with Crippen molar-refractivity contribution < 1.29 is 33.4 Å². The molecule has 0 aliphatic rings. The Morgan fingerprint density at radius 2 is 1.00 bits per heavy atom. The number of benzene rings is 5. The van der Waals surface area contributed by atoms with Crippen LogP contribution in [0.15, 0.2) is 152 Å². The van der Waals surface area contributed by atoms with Gasteiger partial charge in [0.25, 0.3) is 0 Å². The minimum atomic E-state index is -3.24. The summed E-state index contributed by atoms with van der Waals surface area (Å²) in [4.78, 5) is 68.3. The lowest BCUT2D eigenvalue weighted by Gasteiger charge is -2.31. The number of nitrogens with one attached hydrogen (secondary N) is 3. The van der Waals surface area contributed by atoms with Crippen molar-refractivity contribution in [2.45, 2.75) is 39.5 Å². The number of hydrogen-bond acceptors (Lipinski definition) is 7. The molecule has 0 saturated carbocycles. The van der Waals surface area contributed by atoms with Gasteiger partial charge in [0.15, 0.2) is 5.78 Å². The van der Waals surface area contributed by atoms with E-state index in [9.17, 15) is 24.0 Å². The molecule has 10 nitrogen and oxygen atoms in total. The van der Waals surface area contributed by atoms with Gasteiger partial charge in [0.2, 0.25) is 11.8 Å². The number of hydrogen-bond donors (Lipinski definition) is 3. The Labute approximate surface area is 327 Å². The van der Waals surface area contributed by atoms with E-state index in [0.29, 0.717) is 6.42 Å². The largest absolute Gasteiger partial charge is 0.457 e. The maximum absolute atomic E-state index is 14.7. The van der Waals surface area contributed by atoms with Gasteiger partial charge < -0.3 is 25.4 Å². The third-order valence-electron chi connectivity index (χ3n) is 9.29. The van der Waals surface area contributed by atoms with Crippen LogP contribution in [-0.2, 0) is 41.9 Å². The highest BCUT2D eigenvalue weighted by molar-refractivity contribution is 7.97. The van der Waals surface area contributed by atoms with E-state index in [1.54, 1.807) is 6.92 Å². The van der Waals surface area contributed by atoms with Crippen LogP contribution in [0, 0.1) is 5.92 Å². The molecule has 56 heavy (non-hydrogen) atoms. The number of rotatable bonds is 17. The topological polar surface area (TPSA) is 140 Å². The van der Waals surface area contributed by atoms with E-state index in [4.69, 9.17) is 9.47 Å². The molecule has 0 spiro atoms. The average molecular weight is 772 g/mol. The Kier molecular flexibility index (Phi) is 14.9. The molecule has 0 aliphatic carbocycles. The first-order chi connectivity index (χ1) is 27.2. The number of ketones is 1. The Balaban J connectivity index is 1.41. The maximum atomic E-state index is 14.7. The van der Waals surface area contributed by atoms with Crippen molar-refractivity contribution in [1.82, 2.24) is 16.0 Å². The SMILES string of the molecule is CC[C@H](C)[C@H](NC(=O)OCc1ccccc1)C(=O)NCC(=O)NCC(=O)C(C(=O)OCc1ccccc1)=P(c1ccccc1)(c1ccccc1)c1ccccc1. The molecule has 0 radical (unpaired) electrons. The predicted molar refractivity (Wildman–Crippen MR) is 220 cm³/mol. The van der Waals surface area contributed by atoms with Gasteiger partial charge in [-0.25, -0.2) is 9.59 Å². The summed E-state index contributed by atoms with van der Waals surface area (Å²) in [6.45, 7) is -0.627. The average Bonchev–Trinajstić information content (AvgIpc) is 3.25. The number of alkyl carbamates (subject to hydrolysis) is 1. The quantitative estimate of drug-likeness (QED) is 0.0685. The van der Waals surface area contributed by atoms with Gasteiger partial charge in [0.1, 0.15) is 24.5 Å². The summed E-state index contributed by atoms with van der Waals surface area (Å²) in [5.74, 6) is -2.97. The van der Waals surface area contributed by atoms with Gasteiger partial charge >= 0.3 is 12.1 Å². The molecule has 288 valence electrons. The second-order valence-electron chi connectivity index (χ2n) is 13.1. The molecule has 0 heterocycles. The van der Waals surface area contributed by atoms with E-state index >= 15 is 0 Å². The highest BCUT2D eigenvalue weighted by Gasteiger charge is 2.38.